The second-order valence-corrected chi connectivity index (χ2v) is 5.18. The molecule has 0 radical (unpaired) electrons. The molecule has 0 spiro atoms. The van der Waals surface area contributed by atoms with Crippen LogP contribution < -0.4 is 4.74 Å². The standard InChI is InChI=1S/C14H18N2O3/c1-11-5-6-12(16(17)18)13(9-11)19-8-4-7-14(2,3)10-15/h5-6,9H,4,7-8H2,1-3H3. The number of hydrogen-bond acceptors (Lipinski definition) is 4. The van der Waals surface area contributed by atoms with Crippen LogP contribution in [0, 0.1) is 33.8 Å². The van der Waals surface area contributed by atoms with Gasteiger partial charge in [-0.05, 0) is 45.2 Å². The van der Waals surface area contributed by atoms with Crippen molar-refractivity contribution in [3.8, 4) is 11.8 Å². The lowest BCUT2D eigenvalue weighted by Gasteiger charge is -2.14. The third-order valence-electron chi connectivity index (χ3n) is 2.82. The zero-order valence-electron chi connectivity index (χ0n) is 11.5. The molecule has 0 aliphatic heterocycles. The van der Waals surface area contributed by atoms with Crippen molar-refractivity contribution in [2.45, 2.75) is 33.6 Å². The molecule has 5 nitrogen and oxygen atoms in total. The van der Waals surface area contributed by atoms with Crippen molar-refractivity contribution in [2.24, 2.45) is 5.41 Å². The van der Waals surface area contributed by atoms with Crippen molar-refractivity contribution in [3.05, 3.63) is 33.9 Å². The summed E-state index contributed by atoms with van der Waals surface area (Å²) in [6.45, 7) is 5.95. The first kappa shape index (κ1) is 15.0. The molecule has 0 amide bonds. The quantitative estimate of drug-likeness (QED) is 0.445. The molecule has 1 rings (SSSR count). The zero-order valence-corrected chi connectivity index (χ0v) is 11.5. The Kier molecular flexibility index (Phi) is 4.87. The smallest absolute Gasteiger partial charge is 0.310 e. The van der Waals surface area contributed by atoms with Crippen molar-refractivity contribution in [3.63, 3.8) is 0 Å². The summed E-state index contributed by atoms with van der Waals surface area (Å²) in [5.41, 5.74) is 0.505. The van der Waals surface area contributed by atoms with Gasteiger partial charge in [0.15, 0.2) is 5.75 Å². The number of aryl methyl sites for hydroxylation is 1. The Balaban J connectivity index is 2.61. The van der Waals surface area contributed by atoms with Gasteiger partial charge in [0.05, 0.1) is 23.0 Å². The van der Waals surface area contributed by atoms with E-state index in [9.17, 15) is 10.1 Å². The maximum Gasteiger partial charge on any atom is 0.310 e. The van der Waals surface area contributed by atoms with Crippen LogP contribution in [0.5, 0.6) is 5.75 Å². The fourth-order valence-corrected chi connectivity index (χ4v) is 1.64. The Morgan fingerprint density at radius 2 is 2.16 bits per heavy atom. The van der Waals surface area contributed by atoms with E-state index in [0.717, 1.165) is 5.56 Å². The van der Waals surface area contributed by atoms with Gasteiger partial charge < -0.3 is 4.74 Å². The van der Waals surface area contributed by atoms with Crippen LogP contribution in [0.2, 0.25) is 0 Å². The van der Waals surface area contributed by atoms with Crippen molar-refractivity contribution in [1.82, 2.24) is 0 Å². The van der Waals surface area contributed by atoms with Gasteiger partial charge in [0, 0.05) is 6.07 Å². The van der Waals surface area contributed by atoms with Gasteiger partial charge in [0.2, 0.25) is 0 Å². The molecule has 0 atom stereocenters. The molecule has 0 saturated heterocycles. The summed E-state index contributed by atoms with van der Waals surface area (Å²) in [6.07, 6.45) is 1.38. The van der Waals surface area contributed by atoms with E-state index in [0.29, 0.717) is 25.2 Å². The fraction of sp³-hybridized carbons (Fsp3) is 0.500. The van der Waals surface area contributed by atoms with E-state index in [1.807, 2.05) is 20.8 Å². The molecule has 0 aromatic heterocycles. The molecule has 1 aromatic rings. The summed E-state index contributed by atoms with van der Waals surface area (Å²) in [4.78, 5) is 10.4. The molecule has 0 bridgehead atoms. The van der Waals surface area contributed by atoms with Crippen LogP contribution in [0.25, 0.3) is 0 Å². The summed E-state index contributed by atoms with van der Waals surface area (Å²) >= 11 is 0. The normalized spacial score (nSPS) is 10.8. The molecule has 0 N–H and O–H groups in total. The van der Waals surface area contributed by atoms with Gasteiger partial charge in [-0.1, -0.05) is 6.07 Å². The number of rotatable bonds is 6. The lowest BCUT2D eigenvalue weighted by molar-refractivity contribution is -0.385. The van der Waals surface area contributed by atoms with Crippen molar-refractivity contribution < 1.29 is 9.66 Å². The second kappa shape index (κ2) is 6.19. The highest BCUT2D eigenvalue weighted by atomic mass is 16.6. The summed E-state index contributed by atoms with van der Waals surface area (Å²) in [7, 11) is 0. The van der Waals surface area contributed by atoms with Crippen molar-refractivity contribution in [2.75, 3.05) is 6.61 Å². The summed E-state index contributed by atoms with van der Waals surface area (Å²) in [6, 6.07) is 7.01. The van der Waals surface area contributed by atoms with Crippen LogP contribution in [0.3, 0.4) is 0 Å². The van der Waals surface area contributed by atoms with E-state index in [2.05, 4.69) is 6.07 Å². The minimum atomic E-state index is -0.450. The van der Waals surface area contributed by atoms with Crippen molar-refractivity contribution >= 4 is 5.69 Å². The Labute approximate surface area is 113 Å². The van der Waals surface area contributed by atoms with E-state index >= 15 is 0 Å². The summed E-state index contributed by atoms with van der Waals surface area (Å²) in [5.74, 6) is 0.291. The lowest BCUT2D eigenvalue weighted by atomic mass is 9.90. The third kappa shape index (κ3) is 4.59. The number of ether oxygens (including phenoxy) is 1. The molecule has 0 fully saturated rings. The van der Waals surface area contributed by atoms with Gasteiger partial charge >= 0.3 is 5.69 Å². The van der Waals surface area contributed by atoms with Gasteiger partial charge in [-0.25, -0.2) is 0 Å². The number of nitro benzene ring substituents is 1. The number of hydrogen-bond donors (Lipinski definition) is 0. The molecular formula is C14H18N2O3. The molecule has 0 aliphatic rings. The zero-order chi connectivity index (χ0) is 14.5. The third-order valence-corrected chi connectivity index (χ3v) is 2.82. The fourth-order valence-electron chi connectivity index (χ4n) is 1.64. The van der Waals surface area contributed by atoms with Crippen LogP contribution in [0.1, 0.15) is 32.3 Å². The average Bonchev–Trinajstić information content (AvgIpc) is 2.34. The lowest BCUT2D eigenvalue weighted by Crippen LogP contribution is -2.10. The highest BCUT2D eigenvalue weighted by Gasteiger charge is 2.17. The predicted octanol–water partition coefficient (Wildman–Crippen LogP) is 3.61. The first-order valence-electron chi connectivity index (χ1n) is 6.15. The second-order valence-electron chi connectivity index (χ2n) is 5.18. The molecular weight excluding hydrogens is 244 g/mol. The van der Waals surface area contributed by atoms with Crippen LogP contribution in [0.15, 0.2) is 18.2 Å². The average molecular weight is 262 g/mol. The number of nitro groups is 1. The van der Waals surface area contributed by atoms with Gasteiger partial charge in [-0.2, -0.15) is 5.26 Å². The van der Waals surface area contributed by atoms with Gasteiger partial charge in [0.1, 0.15) is 0 Å². The monoisotopic (exact) mass is 262 g/mol. The molecule has 0 heterocycles. The first-order chi connectivity index (χ1) is 8.85. The largest absolute Gasteiger partial charge is 0.487 e. The van der Waals surface area contributed by atoms with Crippen LogP contribution in [0.4, 0.5) is 5.69 Å². The van der Waals surface area contributed by atoms with Crippen LogP contribution in [-0.2, 0) is 0 Å². The van der Waals surface area contributed by atoms with Crippen molar-refractivity contribution in [1.29, 1.82) is 5.26 Å². The van der Waals surface area contributed by atoms with E-state index in [1.165, 1.54) is 6.07 Å². The molecule has 1 aromatic carbocycles. The van der Waals surface area contributed by atoms with Gasteiger partial charge in [-0.3, -0.25) is 10.1 Å². The SMILES string of the molecule is Cc1ccc([N+](=O)[O-])c(OCCCC(C)(C)C#N)c1. The van der Waals surface area contributed by atoms with E-state index < -0.39 is 4.92 Å². The van der Waals surface area contributed by atoms with E-state index in [-0.39, 0.29) is 11.1 Å². The predicted molar refractivity (Wildman–Crippen MR) is 72.0 cm³/mol. The molecule has 19 heavy (non-hydrogen) atoms. The molecule has 102 valence electrons. The minimum absolute atomic E-state index is 0.0230. The molecule has 5 heteroatoms. The molecule has 0 aliphatic carbocycles. The Morgan fingerprint density at radius 3 is 2.74 bits per heavy atom. The highest BCUT2D eigenvalue weighted by molar-refractivity contribution is 5.48. The van der Waals surface area contributed by atoms with Crippen LogP contribution >= 0.6 is 0 Å². The van der Waals surface area contributed by atoms with Gasteiger partial charge in [0.25, 0.3) is 0 Å². The summed E-state index contributed by atoms with van der Waals surface area (Å²) < 4.78 is 5.47. The highest BCUT2D eigenvalue weighted by Crippen LogP contribution is 2.28. The Morgan fingerprint density at radius 1 is 1.47 bits per heavy atom. The minimum Gasteiger partial charge on any atom is -0.487 e. The maximum absolute atomic E-state index is 10.9. The Hall–Kier alpha value is -2.09. The molecule has 0 saturated carbocycles. The molecule has 0 unspecified atom stereocenters. The first-order valence-corrected chi connectivity index (χ1v) is 6.15. The number of nitrogens with zero attached hydrogens (tertiary/aromatic N) is 2. The van der Waals surface area contributed by atoms with E-state index in [4.69, 9.17) is 10.00 Å². The van der Waals surface area contributed by atoms with Crippen LogP contribution in [-0.4, -0.2) is 11.5 Å². The Bertz CT molecular complexity index is 504. The number of nitriles is 1. The topological polar surface area (TPSA) is 76.2 Å². The van der Waals surface area contributed by atoms with E-state index in [1.54, 1.807) is 12.1 Å². The number of benzene rings is 1. The van der Waals surface area contributed by atoms with Gasteiger partial charge in [-0.15, -0.1) is 0 Å². The summed E-state index contributed by atoms with van der Waals surface area (Å²) in [5, 5.41) is 19.7. The maximum atomic E-state index is 10.9.